The summed E-state index contributed by atoms with van der Waals surface area (Å²) in [5, 5.41) is 0.0880. The molecule has 4 unspecified atom stereocenters. The van der Waals surface area contributed by atoms with Crippen LogP contribution in [0, 0.1) is 25.2 Å². The Labute approximate surface area is 132 Å². The Kier molecular flexibility index (Phi) is 4.94. The second-order valence-electron chi connectivity index (χ2n) is 7.62. The van der Waals surface area contributed by atoms with Crippen LogP contribution in [0.15, 0.2) is 23.1 Å². The first-order chi connectivity index (χ1) is 9.70. The smallest absolute Gasteiger partial charge is 0.0576 e. The predicted molar refractivity (Wildman–Crippen MR) is 90.9 cm³/mol. The van der Waals surface area contributed by atoms with E-state index in [2.05, 4.69) is 46.8 Å². The van der Waals surface area contributed by atoms with Crippen molar-refractivity contribution >= 4 is 10.8 Å². The van der Waals surface area contributed by atoms with Gasteiger partial charge in [0, 0.05) is 10.9 Å². The van der Waals surface area contributed by atoms with Crippen LogP contribution in [0.1, 0.15) is 51.2 Å². The molecule has 0 saturated heterocycles. The third-order valence-corrected chi connectivity index (χ3v) is 6.86. The van der Waals surface area contributed by atoms with E-state index in [0.717, 1.165) is 24.2 Å². The van der Waals surface area contributed by atoms with Crippen LogP contribution in [0.5, 0.6) is 0 Å². The fourth-order valence-electron chi connectivity index (χ4n) is 3.20. The van der Waals surface area contributed by atoms with Gasteiger partial charge in [-0.1, -0.05) is 26.8 Å². The second kappa shape index (κ2) is 6.21. The van der Waals surface area contributed by atoms with Crippen LogP contribution in [-0.4, -0.2) is 15.5 Å². The number of hydrogen-bond donors (Lipinski definition) is 1. The molecule has 0 heterocycles. The first-order valence-electron chi connectivity index (χ1n) is 7.93. The molecule has 0 spiro atoms. The summed E-state index contributed by atoms with van der Waals surface area (Å²) in [6, 6.07) is 6.20. The quantitative estimate of drug-likeness (QED) is 0.899. The molecule has 0 aromatic heterocycles. The minimum Gasteiger partial charge on any atom is -0.327 e. The molecule has 2 N–H and O–H groups in total. The van der Waals surface area contributed by atoms with Crippen LogP contribution in [0.3, 0.4) is 0 Å². The molecule has 1 saturated carbocycles. The van der Waals surface area contributed by atoms with Crippen molar-refractivity contribution in [3.8, 4) is 0 Å². The van der Waals surface area contributed by atoms with Crippen molar-refractivity contribution in [3.63, 3.8) is 0 Å². The maximum absolute atomic E-state index is 13.0. The van der Waals surface area contributed by atoms with E-state index in [4.69, 9.17) is 5.73 Å². The molecular formula is C18H29NOS. The van der Waals surface area contributed by atoms with Crippen molar-refractivity contribution in [1.29, 1.82) is 0 Å². The van der Waals surface area contributed by atoms with Gasteiger partial charge in [-0.15, -0.1) is 0 Å². The van der Waals surface area contributed by atoms with Gasteiger partial charge in [-0.25, -0.2) is 0 Å². The SMILES string of the molecule is Cc1ccc(S(=O)C2CC(C(C)(C)C)CCC2N)cc1C. The summed E-state index contributed by atoms with van der Waals surface area (Å²) in [6.45, 7) is 11.0. The highest BCUT2D eigenvalue weighted by molar-refractivity contribution is 7.85. The van der Waals surface area contributed by atoms with Gasteiger partial charge in [-0.2, -0.15) is 0 Å². The monoisotopic (exact) mass is 307 g/mol. The van der Waals surface area contributed by atoms with Gasteiger partial charge in [-0.05, 0) is 67.7 Å². The second-order valence-corrected chi connectivity index (χ2v) is 9.29. The number of nitrogens with two attached hydrogens (primary N) is 1. The molecule has 0 aliphatic heterocycles. The van der Waals surface area contributed by atoms with Gasteiger partial charge < -0.3 is 5.73 Å². The van der Waals surface area contributed by atoms with Crippen LogP contribution in [0.25, 0.3) is 0 Å². The lowest BCUT2D eigenvalue weighted by Gasteiger charge is -2.40. The van der Waals surface area contributed by atoms with Gasteiger partial charge in [0.1, 0.15) is 0 Å². The van der Waals surface area contributed by atoms with Crippen LogP contribution < -0.4 is 5.73 Å². The molecule has 1 aromatic rings. The van der Waals surface area contributed by atoms with Gasteiger partial charge in [-0.3, -0.25) is 4.21 Å². The Hall–Kier alpha value is -0.670. The molecule has 1 aromatic carbocycles. The molecular weight excluding hydrogens is 278 g/mol. The molecule has 118 valence electrons. The number of hydrogen-bond acceptors (Lipinski definition) is 2. The number of aryl methyl sites for hydroxylation is 2. The first kappa shape index (κ1) is 16.7. The Bertz CT molecular complexity index is 533. The predicted octanol–water partition coefficient (Wildman–Crippen LogP) is 3.95. The molecule has 1 fully saturated rings. The molecule has 4 atom stereocenters. The summed E-state index contributed by atoms with van der Waals surface area (Å²) < 4.78 is 13.0. The van der Waals surface area contributed by atoms with E-state index in [9.17, 15) is 4.21 Å². The average Bonchev–Trinajstić information content (AvgIpc) is 2.40. The zero-order chi connectivity index (χ0) is 15.8. The molecule has 0 bridgehead atoms. The van der Waals surface area contributed by atoms with E-state index in [0.29, 0.717) is 5.92 Å². The summed E-state index contributed by atoms with van der Waals surface area (Å²) in [5.41, 5.74) is 9.02. The number of rotatable bonds is 2. The van der Waals surface area contributed by atoms with Crippen molar-refractivity contribution in [1.82, 2.24) is 0 Å². The van der Waals surface area contributed by atoms with Crippen LogP contribution in [-0.2, 0) is 10.8 Å². The fourth-order valence-corrected chi connectivity index (χ4v) is 4.90. The highest BCUT2D eigenvalue weighted by atomic mass is 32.2. The molecule has 3 heteroatoms. The van der Waals surface area contributed by atoms with Gasteiger partial charge in [0.15, 0.2) is 0 Å². The van der Waals surface area contributed by atoms with Gasteiger partial charge in [0.05, 0.1) is 16.0 Å². The lowest BCUT2D eigenvalue weighted by Crippen LogP contribution is -2.45. The first-order valence-corrected chi connectivity index (χ1v) is 9.15. The van der Waals surface area contributed by atoms with Crippen LogP contribution in [0.2, 0.25) is 0 Å². The van der Waals surface area contributed by atoms with E-state index in [1.165, 1.54) is 11.1 Å². The van der Waals surface area contributed by atoms with E-state index in [-0.39, 0.29) is 16.7 Å². The zero-order valence-electron chi connectivity index (χ0n) is 14.0. The molecule has 0 amide bonds. The average molecular weight is 308 g/mol. The summed E-state index contributed by atoms with van der Waals surface area (Å²) in [4.78, 5) is 0.938. The summed E-state index contributed by atoms with van der Waals surface area (Å²) in [5.74, 6) is 0.609. The lowest BCUT2D eigenvalue weighted by atomic mass is 9.71. The highest BCUT2D eigenvalue weighted by Crippen LogP contribution is 2.39. The van der Waals surface area contributed by atoms with E-state index < -0.39 is 10.8 Å². The maximum atomic E-state index is 13.0. The van der Waals surface area contributed by atoms with Crippen molar-refractivity contribution in [2.24, 2.45) is 17.1 Å². The summed E-state index contributed by atoms with van der Waals surface area (Å²) >= 11 is 0. The maximum Gasteiger partial charge on any atom is 0.0576 e. The van der Waals surface area contributed by atoms with Crippen molar-refractivity contribution in [2.45, 2.75) is 70.1 Å². The topological polar surface area (TPSA) is 43.1 Å². The largest absolute Gasteiger partial charge is 0.327 e. The Balaban J connectivity index is 2.21. The van der Waals surface area contributed by atoms with Gasteiger partial charge in [0.2, 0.25) is 0 Å². The van der Waals surface area contributed by atoms with Gasteiger partial charge in [0.25, 0.3) is 0 Å². The standard InChI is InChI=1S/C18H29NOS/c1-12-6-8-15(10-13(12)2)21(20)17-11-14(18(3,4)5)7-9-16(17)19/h6,8,10,14,16-17H,7,9,11,19H2,1-5H3. The molecule has 21 heavy (non-hydrogen) atoms. The van der Waals surface area contributed by atoms with Crippen molar-refractivity contribution in [2.75, 3.05) is 0 Å². The summed E-state index contributed by atoms with van der Waals surface area (Å²) in [7, 11) is -0.999. The zero-order valence-corrected chi connectivity index (χ0v) is 14.8. The van der Waals surface area contributed by atoms with E-state index >= 15 is 0 Å². The minimum absolute atomic E-state index is 0.0612. The molecule has 1 aliphatic rings. The molecule has 2 nitrogen and oxygen atoms in total. The van der Waals surface area contributed by atoms with E-state index in [1.54, 1.807) is 0 Å². The Morgan fingerprint density at radius 2 is 1.81 bits per heavy atom. The number of benzene rings is 1. The van der Waals surface area contributed by atoms with Crippen molar-refractivity contribution in [3.05, 3.63) is 29.3 Å². The van der Waals surface area contributed by atoms with Crippen molar-refractivity contribution < 1.29 is 4.21 Å². The Morgan fingerprint density at radius 3 is 2.38 bits per heavy atom. The minimum atomic E-state index is -0.999. The van der Waals surface area contributed by atoms with Crippen LogP contribution in [0.4, 0.5) is 0 Å². The summed E-state index contributed by atoms with van der Waals surface area (Å²) in [6.07, 6.45) is 3.12. The fraction of sp³-hybridized carbons (Fsp3) is 0.667. The van der Waals surface area contributed by atoms with Crippen LogP contribution >= 0.6 is 0 Å². The molecule has 2 rings (SSSR count). The third kappa shape index (κ3) is 3.75. The van der Waals surface area contributed by atoms with E-state index in [1.807, 2.05) is 6.07 Å². The molecule has 0 radical (unpaired) electrons. The lowest BCUT2D eigenvalue weighted by molar-refractivity contribution is 0.173. The Morgan fingerprint density at radius 1 is 1.14 bits per heavy atom. The highest BCUT2D eigenvalue weighted by Gasteiger charge is 2.37. The third-order valence-electron chi connectivity index (χ3n) is 5.05. The molecule has 1 aliphatic carbocycles. The van der Waals surface area contributed by atoms with Gasteiger partial charge >= 0.3 is 0 Å². The normalized spacial score (nSPS) is 28.4.